The van der Waals surface area contributed by atoms with Crippen LogP contribution in [0.15, 0.2) is 29.3 Å². The molecule has 0 fully saturated rings. The lowest BCUT2D eigenvalue weighted by molar-refractivity contribution is 0.0694. The molecule has 0 bridgehead atoms. The Kier molecular flexibility index (Phi) is 5.44. The zero-order valence-electron chi connectivity index (χ0n) is 17.3. The largest absolute Gasteiger partial charge is 0.487 e. The van der Waals surface area contributed by atoms with E-state index in [-0.39, 0.29) is 11.6 Å². The summed E-state index contributed by atoms with van der Waals surface area (Å²) in [5.74, 6) is 1.76. The minimum Gasteiger partial charge on any atom is -0.487 e. The van der Waals surface area contributed by atoms with E-state index in [2.05, 4.69) is 60.6 Å². The molecule has 0 saturated carbocycles. The third-order valence-corrected chi connectivity index (χ3v) is 5.24. The van der Waals surface area contributed by atoms with Crippen molar-refractivity contribution in [1.82, 2.24) is 20.4 Å². The van der Waals surface area contributed by atoms with Gasteiger partial charge >= 0.3 is 0 Å². The number of rotatable bonds is 4. The van der Waals surface area contributed by atoms with E-state index in [9.17, 15) is 0 Å². The Hall–Kier alpha value is -2.50. The first kappa shape index (κ1) is 19.3. The Bertz CT molecular complexity index is 837. The van der Waals surface area contributed by atoms with Crippen molar-refractivity contribution in [3.63, 3.8) is 0 Å². The zero-order chi connectivity index (χ0) is 19.6. The standard InChI is InChI=1S/C21H31N5O/c1-14-16(15(2)26(6)25-14)11-12-23-20(22-5)24-18-13-21(3,4)27-19-10-8-7-9-17(18)19/h7-10,18H,11-13H2,1-6H3,(H2,22,23,24). The smallest absolute Gasteiger partial charge is 0.191 e. The Labute approximate surface area is 162 Å². The summed E-state index contributed by atoms with van der Waals surface area (Å²) in [4.78, 5) is 4.42. The van der Waals surface area contributed by atoms with Crippen LogP contribution in [-0.4, -0.2) is 34.9 Å². The fraction of sp³-hybridized carbons (Fsp3) is 0.524. The second kappa shape index (κ2) is 7.62. The molecule has 1 aromatic carbocycles. The SMILES string of the molecule is CN=C(NCCc1c(C)nn(C)c1C)NC1CC(C)(C)Oc2ccccc21. The van der Waals surface area contributed by atoms with Crippen molar-refractivity contribution >= 4 is 5.96 Å². The van der Waals surface area contributed by atoms with E-state index < -0.39 is 0 Å². The van der Waals surface area contributed by atoms with Crippen LogP contribution in [0.1, 0.15) is 48.8 Å². The van der Waals surface area contributed by atoms with Crippen LogP contribution in [0.3, 0.4) is 0 Å². The summed E-state index contributed by atoms with van der Waals surface area (Å²) < 4.78 is 8.07. The van der Waals surface area contributed by atoms with Gasteiger partial charge in [-0.25, -0.2) is 0 Å². The molecular weight excluding hydrogens is 338 g/mol. The Morgan fingerprint density at radius 3 is 2.74 bits per heavy atom. The van der Waals surface area contributed by atoms with Crippen molar-refractivity contribution in [2.45, 2.75) is 52.2 Å². The number of para-hydroxylation sites is 1. The average Bonchev–Trinajstić information content (AvgIpc) is 2.85. The van der Waals surface area contributed by atoms with Crippen LogP contribution in [0.2, 0.25) is 0 Å². The predicted octanol–water partition coefficient (Wildman–Crippen LogP) is 3.05. The highest BCUT2D eigenvalue weighted by atomic mass is 16.5. The summed E-state index contributed by atoms with van der Waals surface area (Å²) in [6.07, 6.45) is 1.80. The molecule has 6 nitrogen and oxygen atoms in total. The molecule has 1 unspecified atom stereocenters. The van der Waals surface area contributed by atoms with Crippen molar-refractivity contribution in [1.29, 1.82) is 0 Å². The van der Waals surface area contributed by atoms with Gasteiger partial charge in [-0.3, -0.25) is 9.67 Å². The zero-order valence-corrected chi connectivity index (χ0v) is 17.3. The van der Waals surface area contributed by atoms with Gasteiger partial charge in [0.15, 0.2) is 5.96 Å². The topological polar surface area (TPSA) is 63.5 Å². The van der Waals surface area contributed by atoms with Gasteiger partial charge in [-0.2, -0.15) is 5.10 Å². The van der Waals surface area contributed by atoms with Gasteiger partial charge in [-0.15, -0.1) is 0 Å². The number of hydrogen-bond acceptors (Lipinski definition) is 3. The number of aromatic nitrogens is 2. The Morgan fingerprint density at radius 2 is 2.07 bits per heavy atom. The quantitative estimate of drug-likeness (QED) is 0.642. The molecule has 146 valence electrons. The second-order valence-corrected chi connectivity index (χ2v) is 7.82. The minimum atomic E-state index is -0.213. The van der Waals surface area contributed by atoms with E-state index in [1.54, 1.807) is 0 Å². The molecule has 0 amide bonds. The lowest BCUT2D eigenvalue weighted by Crippen LogP contribution is -2.45. The lowest BCUT2D eigenvalue weighted by atomic mass is 9.90. The molecule has 2 heterocycles. The summed E-state index contributed by atoms with van der Waals surface area (Å²) in [5.41, 5.74) is 4.59. The van der Waals surface area contributed by atoms with Crippen molar-refractivity contribution in [2.24, 2.45) is 12.0 Å². The first-order valence-corrected chi connectivity index (χ1v) is 9.55. The third kappa shape index (κ3) is 4.26. The molecule has 3 rings (SSSR count). The maximum absolute atomic E-state index is 6.12. The van der Waals surface area contributed by atoms with Gasteiger partial charge < -0.3 is 15.4 Å². The van der Waals surface area contributed by atoms with E-state index >= 15 is 0 Å². The summed E-state index contributed by atoms with van der Waals surface area (Å²) in [5, 5.41) is 11.5. The molecular formula is C21H31N5O. The van der Waals surface area contributed by atoms with Crippen LogP contribution >= 0.6 is 0 Å². The minimum absolute atomic E-state index is 0.165. The molecule has 1 aromatic heterocycles. The van der Waals surface area contributed by atoms with Crippen LogP contribution in [0.4, 0.5) is 0 Å². The monoisotopic (exact) mass is 369 g/mol. The fourth-order valence-electron chi connectivity index (χ4n) is 3.78. The van der Waals surface area contributed by atoms with Gasteiger partial charge in [-0.1, -0.05) is 18.2 Å². The van der Waals surface area contributed by atoms with Gasteiger partial charge in [0, 0.05) is 38.3 Å². The van der Waals surface area contributed by atoms with E-state index in [1.807, 2.05) is 30.9 Å². The normalized spacial score (nSPS) is 18.6. The first-order valence-electron chi connectivity index (χ1n) is 9.55. The highest BCUT2D eigenvalue weighted by Gasteiger charge is 2.33. The molecule has 27 heavy (non-hydrogen) atoms. The number of nitrogens with zero attached hydrogens (tertiary/aromatic N) is 3. The van der Waals surface area contributed by atoms with Crippen LogP contribution in [0, 0.1) is 13.8 Å². The van der Waals surface area contributed by atoms with E-state index in [0.717, 1.165) is 36.8 Å². The summed E-state index contributed by atoms with van der Waals surface area (Å²) in [6.45, 7) is 9.24. The number of ether oxygens (including phenoxy) is 1. The van der Waals surface area contributed by atoms with Crippen LogP contribution in [0.5, 0.6) is 5.75 Å². The molecule has 1 aliphatic rings. The van der Waals surface area contributed by atoms with Crippen LogP contribution in [0.25, 0.3) is 0 Å². The van der Waals surface area contributed by atoms with E-state index in [0.29, 0.717) is 0 Å². The number of hydrogen-bond donors (Lipinski definition) is 2. The molecule has 1 aliphatic heterocycles. The summed E-state index contributed by atoms with van der Waals surface area (Å²) in [7, 11) is 3.80. The maximum Gasteiger partial charge on any atom is 0.191 e. The van der Waals surface area contributed by atoms with Gasteiger partial charge in [0.25, 0.3) is 0 Å². The van der Waals surface area contributed by atoms with Gasteiger partial charge in [-0.05, 0) is 45.7 Å². The van der Waals surface area contributed by atoms with Crippen molar-refractivity contribution < 1.29 is 4.74 Å². The lowest BCUT2D eigenvalue weighted by Gasteiger charge is -2.38. The average molecular weight is 370 g/mol. The molecule has 6 heteroatoms. The fourth-order valence-corrected chi connectivity index (χ4v) is 3.78. The number of guanidine groups is 1. The molecule has 0 aliphatic carbocycles. The number of fused-ring (bicyclic) bond motifs is 1. The number of benzene rings is 1. The Morgan fingerprint density at radius 1 is 1.33 bits per heavy atom. The van der Waals surface area contributed by atoms with Gasteiger partial charge in [0.1, 0.15) is 11.4 Å². The van der Waals surface area contributed by atoms with E-state index in [1.165, 1.54) is 16.8 Å². The van der Waals surface area contributed by atoms with E-state index in [4.69, 9.17) is 4.74 Å². The third-order valence-electron chi connectivity index (χ3n) is 5.24. The highest BCUT2D eigenvalue weighted by Crippen LogP contribution is 2.39. The Balaban J connectivity index is 1.65. The van der Waals surface area contributed by atoms with Gasteiger partial charge in [0.2, 0.25) is 0 Å². The molecule has 1 atom stereocenters. The van der Waals surface area contributed by atoms with Crippen molar-refractivity contribution in [3.05, 3.63) is 46.8 Å². The maximum atomic E-state index is 6.12. The first-order chi connectivity index (χ1) is 12.8. The summed E-state index contributed by atoms with van der Waals surface area (Å²) >= 11 is 0. The number of aliphatic imine (C=N–C) groups is 1. The predicted molar refractivity (Wildman–Crippen MR) is 109 cm³/mol. The highest BCUT2D eigenvalue weighted by molar-refractivity contribution is 5.80. The van der Waals surface area contributed by atoms with Crippen LogP contribution < -0.4 is 15.4 Å². The number of nitrogens with one attached hydrogen (secondary N) is 2. The van der Waals surface area contributed by atoms with Crippen molar-refractivity contribution in [2.75, 3.05) is 13.6 Å². The van der Waals surface area contributed by atoms with Crippen LogP contribution in [-0.2, 0) is 13.5 Å². The molecule has 0 radical (unpaired) electrons. The second-order valence-electron chi connectivity index (χ2n) is 7.82. The summed E-state index contributed by atoms with van der Waals surface area (Å²) in [6, 6.07) is 8.40. The number of aryl methyl sites for hydroxylation is 2. The van der Waals surface area contributed by atoms with Gasteiger partial charge in [0.05, 0.1) is 11.7 Å². The van der Waals surface area contributed by atoms with Crippen molar-refractivity contribution in [3.8, 4) is 5.75 Å². The molecule has 2 N–H and O–H groups in total. The molecule has 0 saturated heterocycles. The molecule has 0 spiro atoms. The molecule has 2 aromatic rings.